The average Bonchev–Trinajstić information content (AvgIpc) is 2.84. The monoisotopic (exact) mass is 301 g/mol. The number of hydrogen-bond acceptors (Lipinski definition) is 5. The quantitative estimate of drug-likeness (QED) is 0.943. The minimum atomic E-state index is 0.590. The minimum absolute atomic E-state index is 0.590. The molecule has 86 valence electrons. The third kappa shape index (κ3) is 2.50. The summed E-state index contributed by atoms with van der Waals surface area (Å²) in [5.41, 5.74) is 1.19. The van der Waals surface area contributed by atoms with Gasteiger partial charge >= 0.3 is 0 Å². The maximum absolute atomic E-state index is 5.20. The second kappa shape index (κ2) is 5.07. The van der Waals surface area contributed by atoms with Crippen molar-refractivity contribution in [3.63, 3.8) is 0 Å². The van der Waals surface area contributed by atoms with Crippen LogP contribution in [0.25, 0.3) is 10.8 Å². The molecule has 0 fully saturated rings. The number of rotatable bonds is 4. The first-order valence-corrected chi connectivity index (χ1v) is 6.61. The van der Waals surface area contributed by atoms with Gasteiger partial charge < -0.3 is 9.84 Å². The smallest absolute Gasteiger partial charge is 0.268 e. The number of thiophene rings is 1. The van der Waals surface area contributed by atoms with Gasteiger partial charge in [-0.3, -0.25) is 0 Å². The van der Waals surface area contributed by atoms with Crippen LogP contribution < -0.4 is 5.32 Å². The molecule has 2 rings (SSSR count). The molecule has 1 N–H and O–H groups in total. The van der Waals surface area contributed by atoms with Gasteiger partial charge in [0.05, 0.1) is 15.2 Å². The Morgan fingerprint density at radius 2 is 2.38 bits per heavy atom. The van der Waals surface area contributed by atoms with E-state index >= 15 is 0 Å². The fraction of sp³-hybridized carbons (Fsp3) is 0.400. The second-order valence-electron chi connectivity index (χ2n) is 3.36. The normalized spacial score (nSPS) is 10.9. The van der Waals surface area contributed by atoms with E-state index in [9.17, 15) is 0 Å². The SMILES string of the molecule is CCNCc1noc(-c2cc(C)c(Br)s2)n1. The molecule has 0 saturated carbocycles. The van der Waals surface area contributed by atoms with Crippen LogP contribution in [0.5, 0.6) is 0 Å². The van der Waals surface area contributed by atoms with Crippen LogP contribution in [-0.2, 0) is 6.54 Å². The molecule has 16 heavy (non-hydrogen) atoms. The summed E-state index contributed by atoms with van der Waals surface area (Å²) in [5, 5.41) is 7.07. The molecule has 4 nitrogen and oxygen atoms in total. The summed E-state index contributed by atoms with van der Waals surface area (Å²) < 4.78 is 6.31. The van der Waals surface area contributed by atoms with Crippen molar-refractivity contribution in [2.45, 2.75) is 20.4 Å². The zero-order valence-electron chi connectivity index (χ0n) is 9.08. The summed E-state index contributed by atoms with van der Waals surface area (Å²) in [7, 11) is 0. The van der Waals surface area contributed by atoms with Gasteiger partial charge in [-0.25, -0.2) is 0 Å². The van der Waals surface area contributed by atoms with Crippen LogP contribution in [0.1, 0.15) is 18.3 Å². The van der Waals surface area contributed by atoms with Crippen molar-refractivity contribution in [2.75, 3.05) is 6.54 Å². The number of nitrogens with one attached hydrogen (secondary N) is 1. The first kappa shape index (κ1) is 11.8. The van der Waals surface area contributed by atoms with Crippen molar-refractivity contribution in [1.29, 1.82) is 0 Å². The molecule has 0 aliphatic heterocycles. The van der Waals surface area contributed by atoms with Gasteiger partial charge in [0.15, 0.2) is 5.82 Å². The summed E-state index contributed by atoms with van der Waals surface area (Å²) in [5.74, 6) is 1.28. The highest BCUT2D eigenvalue weighted by atomic mass is 79.9. The fourth-order valence-electron chi connectivity index (χ4n) is 1.23. The summed E-state index contributed by atoms with van der Waals surface area (Å²) in [6, 6.07) is 2.04. The van der Waals surface area contributed by atoms with Gasteiger partial charge in [-0.15, -0.1) is 11.3 Å². The van der Waals surface area contributed by atoms with Crippen molar-refractivity contribution in [3.05, 3.63) is 21.2 Å². The summed E-state index contributed by atoms with van der Waals surface area (Å²) in [6.45, 7) is 5.62. The Hall–Kier alpha value is -0.720. The summed E-state index contributed by atoms with van der Waals surface area (Å²) in [6.07, 6.45) is 0. The molecular weight excluding hydrogens is 290 g/mol. The number of halogens is 1. The van der Waals surface area contributed by atoms with E-state index in [0.29, 0.717) is 18.3 Å². The Bertz CT molecular complexity index is 461. The number of aromatic nitrogens is 2. The number of hydrogen-bond donors (Lipinski definition) is 1. The van der Waals surface area contributed by atoms with Crippen molar-refractivity contribution in [3.8, 4) is 10.8 Å². The van der Waals surface area contributed by atoms with Gasteiger partial charge in [-0.2, -0.15) is 4.98 Å². The van der Waals surface area contributed by atoms with E-state index in [1.165, 1.54) is 5.56 Å². The predicted molar refractivity (Wildman–Crippen MR) is 67.4 cm³/mol. The molecule has 0 bridgehead atoms. The minimum Gasteiger partial charge on any atom is -0.333 e. The van der Waals surface area contributed by atoms with E-state index in [0.717, 1.165) is 15.2 Å². The third-order valence-electron chi connectivity index (χ3n) is 2.07. The van der Waals surface area contributed by atoms with Gasteiger partial charge in [-0.1, -0.05) is 12.1 Å². The molecule has 0 radical (unpaired) electrons. The number of nitrogens with zero attached hydrogens (tertiary/aromatic N) is 2. The van der Waals surface area contributed by atoms with Crippen LogP contribution in [0.3, 0.4) is 0 Å². The molecule has 2 aromatic rings. The molecule has 0 atom stereocenters. The molecule has 0 spiro atoms. The molecular formula is C10H12BrN3OS. The molecule has 0 amide bonds. The fourth-order valence-corrected chi connectivity index (χ4v) is 2.68. The molecule has 2 heterocycles. The predicted octanol–water partition coefficient (Wildman–Crippen LogP) is 2.98. The highest BCUT2D eigenvalue weighted by Gasteiger charge is 2.12. The van der Waals surface area contributed by atoms with Crippen LogP contribution in [0.15, 0.2) is 14.4 Å². The lowest BCUT2D eigenvalue weighted by atomic mass is 10.3. The molecule has 0 aliphatic carbocycles. The van der Waals surface area contributed by atoms with Gasteiger partial charge in [-0.05, 0) is 41.0 Å². The van der Waals surface area contributed by atoms with Gasteiger partial charge in [0.2, 0.25) is 0 Å². The van der Waals surface area contributed by atoms with Crippen molar-refractivity contribution in [2.24, 2.45) is 0 Å². The van der Waals surface area contributed by atoms with E-state index < -0.39 is 0 Å². The van der Waals surface area contributed by atoms with Crippen molar-refractivity contribution in [1.82, 2.24) is 15.5 Å². The van der Waals surface area contributed by atoms with E-state index in [-0.39, 0.29) is 0 Å². The maximum Gasteiger partial charge on any atom is 0.268 e. The van der Waals surface area contributed by atoms with E-state index in [4.69, 9.17) is 4.52 Å². The van der Waals surface area contributed by atoms with Crippen LogP contribution >= 0.6 is 27.3 Å². The Kier molecular flexibility index (Phi) is 3.73. The highest BCUT2D eigenvalue weighted by molar-refractivity contribution is 9.11. The Morgan fingerprint density at radius 3 is 3.00 bits per heavy atom. The lowest BCUT2D eigenvalue weighted by molar-refractivity contribution is 0.420. The zero-order valence-corrected chi connectivity index (χ0v) is 11.5. The molecule has 2 aromatic heterocycles. The largest absolute Gasteiger partial charge is 0.333 e. The van der Waals surface area contributed by atoms with Gasteiger partial charge in [0, 0.05) is 0 Å². The average molecular weight is 302 g/mol. The topological polar surface area (TPSA) is 51.0 Å². The molecule has 0 aliphatic rings. The first-order valence-electron chi connectivity index (χ1n) is 5.00. The van der Waals surface area contributed by atoms with E-state index in [1.807, 2.05) is 19.9 Å². The molecule has 0 saturated heterocycles. The number of aryl methyl sites for hydroxylation is 1. The van der Waals surface area contributed by atoms with Crippen LogP contribution in [0.4, 0.5) is 0 Å². The zero-order chi connectivity index (χ0) is 11.5. The van der Waals surface area contributed by atoms with Crippen LogP contribution in [-0.4, -0.2) is 16.7 Å². The molecule has 0 aromatic carbocycles. The lowest BCUT2D eigenvalue weighted by Crippen LogP contribution is -2.12. The Labute approximate surface area is 106 Å². The lowest BCUT2D eigenvalue weighted by Gasteiger charge is -1.92. The third-order valence-corrected chi connectivity index (χ3v) is 4.19. The Balaban J connectivity index is 2.18. The second-order valence-corrected chi connectivity index (χ2v) is 5.73. The van der Waals surface area contributed by atoms with Gasteiger partial charge in [0.25, 0.3) is 5.89 Å². The maximum atomic E-state index is 5.20. The molecule has 6 heteroatoms. The summed E-state index contributed by atoms with van der Waals surface area (Å²) >= 11 is 5.08. The van der Waals surface area contributed by atoms with E-state index in [2.05, 4.69) is 31.4 Å². The van der Waals surface area contributed by atoms with Crippen LogP contribution in [0, 0.1) is 6.92 Å². The highest BCUT2D eigenvalue weighted by Crippen LogP contribution is 2.33. The molecule has 0 unspecified atom stereocenters. The Morgan fingerprint density at radius 1 is 1.56 bits per heavy atom. The van der Waals surface area contributed by atoms with Gasteiger partial charge in [0.1, 0.15) is 0 Å². The summed E-state index contributed by atoms with van der Waals surface area (Å²) in [4.78, 5) is 5.32. The van der Waals surface area contributed by atoms with Crippen molar-refractivity contribution >= 4 is 27.3 Å². The first-order chi connectivity index (χ1) is 7.70. The van der Waals surface area contributed by atoms with E-state index in [1.54, 1.807) is 11.3 Å². The van der Waals surface area contributed by atoms with Crippen molar-refractivity contribution < 1.29 is 4.52 Å². The standard InChI is InChI=1S/C10H12BrN3OS/c1-3-12-5-8-13-10(15-14-8)7-4-6(2)9(11)16-7/h4,12H,3,5H2,1-2H3. The van der Waals surface area contributed by atoms with Crippen LogP contribution in [0.2, 0.25) is 0 Å².